The van der Waals surface area contributed by atoms with Crippen molar-refractivity contribution in [3.63, 3.8) is 0 Å². The molecule has 0 aliphatic carbocycles. The molecule has 23 heavy (non-hydrogen) atoms. The Balaban J connectivity index is 1.90. The van der Waals surface area contributed by atoms with E-state index in [2.05, 4.69) is 15.4 Å². The monoisotopic (exact) mass is 304 g/mol. The van der Waals surface area contributed by atoms with Gasteiger partial charge in [0.25, 0.3) is 0 Å². The molecule has 2 aromatic carbocycles. The molecular formula is C18H13FN4. The van der Waals surface area contributed by atoms with Crippen LogP contribution in [0, 0.1) is 24.1 Å². The van der Waals surface area contributed by atoms with Gasteiger partial charge in [-0.3, -0.25) is 0 Å². The number of benzene rings is 2. The van der Waals surface area contributed by atoms with Crippen LogP contribution in [0.3, 0.4) is 0 Å². The summed E-state index contributed by atoms with van der Waals surface area (Å²) < 4.78 is 13.3. The van der Waals surface area contributed by atoms with Gasteiger partial charge in [0.2, 0.25) is 0 Å². The Bertz CT molecular complexity index is 919. The average molecular weight is 304 g/mol. The molecule has 1 heterocycles. The number of aryl methyl sites for hydroxylation is 1. The van der Waals surface area contributed by atoms with Crippen molar-refractivity contribution in [3.05, 3.63) is 70.7 Å². The van der Waals surface area contributed by atoms with E-state index in [4.69, 9.17) is 5.26 Å². The summed E-state index contributed by atoms with van der Waals surface area (Å²) in [4.78, 5) is 0. The van der Waals surface area contributed by atoms with Crippen molar-refractivity contribution in [2.75, 3.05) is 0 Å². The first-order chi connectivity index (χ1) is 11.2. The van der Waals surface area contributed by atoms with E-state index >= 15 is 0 Å². The molecule has 3 rings (SSSR count). The van der Waals surface area contributed by atoms with Gasteiger partial charge >= 0.3 is 0 Å². The Kier molecular flexibility index (Phi) is 3.98. The summed E-state index contributed by atoms with van der Waals surface area (Å²) in [6.45, 7) is 1.74. The predicted octanol–water partition coefficient (Wildman–Crippen LogP) is 3.96. The summed E-state index contributed by atoms with van der Waals surface area (Å²) in [5, 5.41) is 19.2. The van der Waals surface area contributed by atoms with Gasteiger partial charge < -0.3 is 0 Å². The summed E-state index contributed by atoms with van der Waals surface area (Å²) in [5.74, 6) is -0.209. The molecule has 1 N–H and O–H groups in total. The fraction of sp³-hybridized carbons (Fsp3) is 0.0556. The number of nitriles is 1. The van der Waals surface area contributed by atoms with Gasteiger partial charge in [0.15, 0.2) is 5.69 Å². The standard InChI is InChI=1S/C18H13FN4/c1-12-9-14(7-8-16(12)19)6-5-13-3-2-4-15(10-13)18-17(11-20)21-23-22-18/h2-10H,1H3,(H,21,22,23)/b6-5+. The van der Waals surface area contributed by atoms with Crippen LogP contribution in [0.5, 0.6) is 0 Å². The summed E-state index contributed by atoms with van der Waals surface area (Å²) in [6, 6.07) is 14.6. The van der Waals surface area contributed by atoms with Crippen molar-refractivity contribution < 1.29 is 4.39 Å². The van der Waals surface area contributed by atoms with Crippen LogP contribution in [0.4, 0.5) is 4.39 Å². The van der Waals surface area contributed by atoms with Crippen molar-refractivity contribution >= 4 is 12.2 Å². The Hall–Kier alpha value is -3.26. The molecule has 0 radical (unpaired) electrons. The third-order valence-electron chi connectivity index (χ3n) is 3.47. The molecule has 112 valence electrons. The van der Waals surface area contributed by atoms with Crippen LogP contribution < -0.4 is 0 Å². The third-order valence-corrected chi connectivity index (χ3v) is 3.47. The first kappa shape index (κ1) is 14.7. The minimum absolute atomic E-state index is 0.209. The lowest BCUT2D eigenvalue weighted by molar-refractivity contribution is 0.618. The number of rotatable bonds is 3. The third kappa shape index (κ3) is 3.16. The number of halogens is 1. The molecule has 0 spiro atoms. The van der Waals surface area contributed by atoms with E-state index in [0.29, 0.717) is 17.0 Å². The molecule has 0 fully saturated rings. The van der Waals surface area contributed by atoms with Gasteiger partial charge in [-0.15, -0.1) is 5.10 Å². The smallest absolute Gasteiger partial charge is 0.163 e. The van der Waals surface area contributed by atoms with E-state index < -0.39 is 0 Å². The van der Waals surface area contributed by atoms with Crippen LogP contribution in [0.15, 0.2) is 42.5 Å². The summed E-state index contributed by atoms with van der Waals surface area (Å²) >= 11 is 0. The minimum atomic E-state index is -0.209. The first-order valence-corrected chi connectivity index (χ1v) is 7.03. The van der Waals surface area contributed by atoms with Crippen LogP contribution in [-0.2, 0) is 0 Å². The number of nitrogens with zero attached hydrogens (tertiary/aromatic N) is 3. The molecule has 0 aliphatic heterocycles. The topological polar surface area (TPSA) is 65.4 Å². The van der Waals surface area contributed by atoms with Crippen molar-refractivity contribution in [3.8, 4) is 17.3 Å². The van der Waals surface area contributed by atoms with Gasteiger partial charge in [-0.1, -0.05) is 41.6 Å². The molecule has 5 heteroatoms. The zero-order chi connectivity index (χ0) is 16.2. The normalized spacial score (nSPS) is 10.8. The number of nitrogens with one attached hydrogen (secondary N) is 1. The summed E-state index contributed by atoms with van der Waals surface area (Å²) in [6.07, 6.45) is 3.85. The maximum atomic E-state index is 13.3. The summed E-state index contributed by atoms with van der Waals surface area (Å²) in [7, 11) is 0. The second-order valence-electron chi connectivity index (χ2n) is 5.11. The van der Waals surface area contributed by atoms with Gasteiger partial charge in [-0.25, -0.2) is 9.49 Å². The molecule has 0 saturated carbocycles. The molecule has 0 aliphatic rings. The number of hydrogen-bond acceptors (Lipinski definition) is 3. The van der Waals surface area contributed by atoms with E-state index in [9.17, 15) is 4.39 Å². The van der Waals surface area contributed by atoms with Crippen molar-refractivity contribution in [2.24, 2.45) is 0 Å². The lowest BCUT2D eigenvalue weighted by Gasteiger charge is -2.00. The van der Waals surface area contributed by atoms with Crippen molar-refractivity contribution in [2.45, 2.75) is 6.92 Å². The van der Waals surface area contributed by atoms with Crippen LogP contribution in [0.25, 0.3) is 23.4 Å². The molecule has 0 unspecified atom stereocenters. The minimum Gasteiger partial charge on any atom is -0.247 e. The highest BCUT2D eigenvalue weighted by atomic mass is 19.1. The fourth-order valence-electron chi connectivity index (χ4n) is 2.26. The predicted molar refractivity (Wildman–Crippen MR) is 86.6 cm³/mol. The van der Waals surface area contributed by atoms with E-state index in [1.807, 2.05) is 42.5 Å². The van der Waals surface area contributed by atoms with Crippen LogP contribution in [-0.4, -0.2) is 15.4 Å². The highest BCUT2D eigenvalue weighted by molar-refractivity contribution is 5.74. The SMILES string of the molecule is Cc1cc(/C=C/c2cccc(-c3nn[nH]c3C#N)c2)ccc1F. The fourth-order valence-corrected chi connectivity index (χ4v) is 2.26. The second-order valence-corrected chi connectivity index (χ2v) is 5.11. The lowest BCUT2D eigenvalue weighted by atomic mass is 10.1. The van der Waals surface area contributed by atoms with Gasteiger partial charge in [-0.2, -0.15) is 5.26 Å². The lowest BCUT2D eigenvalue weighted by Crippen LogP contribution is -1.84. The van der Waals surface area contributed by atoms with Gasteiger partial charge in [-0.05, 0) is 41.8 Å². The van der Waals surface area contributed by atoms with Crippen LogP contribution in [0.1, 0.15) is 22.4 Å². The van der Waals surface area contributed by atoms with E-state index in [0.717, 1.165) is 16.7 Å². The molecule has 0 saturated heterocycles. The molecule has 3 aromatic rings. The highest BCUT2D eigenvalue weighted by Crippen LogP contribution is 2.21. The Morgan fingerprint density at radius 1 is 1.13 bits per heavy atom. The number of aromatic amines is 1. The van der Waals surface area contributed by atoms with Gasteiger partial charge in [0.1, 0.15) is 17.6 Å². The largest absolute Gasteiger partial charge is 0.247 e. The average Bonchev–Trinajstić information content (AvgIpc) is 3.05. The van der Waals surface area contributed by atoms with E-state index in [1.165, 1.54) is 6.07 Å². The Labute approximate surface area is 132 Å². The first-order valence-electron chi connectivity index (χ1n) is 7.03. The molecular weight excluding hydrogens is 291 g/mol. The molecule has 0 atom stereocenters. The second kappa shape index (κ2) is 6.24. The summed E-state index contributed by atoms with van der Waals surface area (Å²) in [5.41, 5.74) is 4.17. The molecule has 4 nitrogen and oxygen atoms in total. The quantitative estimate of drug-likeness (QED) is 0.745. The molecule has 0 bridgehead atoms. The van der Waals surface area contributed by atoms with Crippen molar-refractivity contribution in [1.82, 2.24) is 15.4 Å². The number of hydrogen-bond donors (Lipinski definition) is 1. The maximum Gasteiger partial charge on any atom is 0.163 e. The maximum absolute atomic E-state index is 13.3. The zero-order valence-electron chi connectivity index (χ0n) is 12.4. The molecule has 0 amide bonds. The number of H-pyrrole nitrogens is 1. The van der Waals surface area contributed by atoms with E-state index in [-0.39, 0.29) is 5.82 Å². The number of aromatic nitrogens is 3. The van der Waals surface area contributed by atoms with E-state index in [1.54, 1.807) is 19.1 Å². The van der Waals surface area contributed by atoms with Gasteiger partial charge in [0.05, 0.1) is 0 Å². The Morgan fingerprint density at radius 2 is 1.91 bits per heavy atom. The van der Waals surface area contributed by atoms with Crippen LogP contribution in [0.2, 0.25) is 0 Å². The Morgan fingerprint density at radius 3 is 2.65 bits per heavy atom. The van der Waals surface area contributed by atoms with Gasteiger partial charge in [0, 0.05) is 5.56 Å². The molecule has 1 aromatic heterocycles. The zero-order valence-corrected chi connectivity index (χ0v) is 12.4. The van der Waals surface area contributed by atoms with Crippen molar-refractivity contribution in [1.29, 1.82) is 5.26 Å². The van der Waals surface area contributed by atoms with Crippen LogP contribution >= 0.6 is 0 Å². The highest BCUT2D eigenvalue weighted by Gasteiger charge is 2.08.